The Bertz CT molecular complexity index is 666. The van der Waals surface area contributed by atoms with Crippen LogP contribution in [-0.2, 0) is 4.79 Å². The normalized spacial score (nSPS) is 13.6. The van der Waals surface area contributed by atoms with Crippen LogP contribution >= 0.6 is 0 Å². The standard InChI is InChI=1S/C17H23FN4O/c1-4-5-16(19)17(23)21-11(2)15-10-20-22(12(15)3)14-8-6-13(18)7-9-14/h6-11,16H,4-5,19H2,1-3H3,(H,21,23). The lowest BCUT2D eigenvalue weighted by molar-refractivity contribution is -0.123. The van der Waals surface area contributed by atoms with Crippen LogP contribution in [0.3, 0.4) is 0 Å². The molecule has 0 fully saturated rings. The summed E-state index contributed by atoms with van der Waals surface area (Å²) in [5, 5.41) is 7.26. The van der Waals surface area contributed by atoms with Gasteiger partial charge in [-0.2, -0.15) is 5.10 Å². The van der Waals surface area contributed by atoms with Crippen LogP contribution in [0, 0.1) is 12.7 Å². The van der Waals surface area contributed by atoms with Crippen LogP contribution in [0.4, 0.5) is 4.39 Å². The fourth-order valence-electron chi connectivity index (χ4n) is 2.53. The predicted molar refractivity (Wildman–Crippen MR) is 87.7 cm³/mol. The zero-order valence-electron chi connectivity index (χ0n) is 13.7. The Hall–Kier alpha value is -2.21. The number of aromatic nitrogens is 2. The van der Waals surface area contributed by atoms with Crippen LogP contribution < -0.4 is 11.1 Å². The number of amides is 1. The van der Waals surface area contributed by atoms with Crippen LogP contribution in [0.1, 0.15) is 44.0 Å². The third kappa shape index (κ3) is 3.96. The molecule has 0 aliphatic carbocycles. The fraction of sp³-hybridized carbons (Fsp3) is 0.412. The summed E-state index contributed by atoms with van der Waals surface area (Å²) in [6.45, 7) is 5.81. The van der Waals surface area contributed by atoms with E-state index in [4.69, 9.17) is 5.73 Å². The molecule has 0 spiro atoms. The molecular weight excluding hydrogens is 295 g/mol. The number of nitrogens with two attached hydrogens (primary N) is 1. The summed E-state index contributed by atoms with van der Waals surface area (Å²) in [5.41, 5.74) is 8.41. The van der Waals surface area contributed by atoms with Crippen LogP contribution in [0.2, 0.25) is 0 Å². The van der Waals surface area contributed by atoms with Gasteiger partial charge in [-0.05, 0) is 44.5 Å². The lowest BCUT2D eigenvalue weighted by Crippen LogP contribution is -2.41. The molecular formula is C17H23FN4O. The van der Waals surface area contributed by atoms with Gasteiger partial charge in [0.25, 0.3) is 0 Å². The molecule has 0 radical (unpaired) electrons. The van der Waals surface area contributed by atoms with Crippen molar-refractivity contribution in [2.45, 2.75) is 45.7 Å². The molecule has 2 atom stereocenters. The van der Waals surface area contributed by atoms with Gasteiger partial charge in [0.15, 0.2) is 0 Å². The van der Waals surface area contributed by atoms with Crippen molar-refractivity contribution in [2.24, 2.45) is 5.73 Å². The summed E-state index contributed by atoms with van der Waals surface area (Å²) in [7, 11) is 0. The van der Waals surface area contributed by atoms with Crippen LogP contribution in [0.5, 0.6) is 0 Å². The first-order valence-corrected chi connectivity index (χ1v) is 7.80. The van der Waals surface area contributed by atoms with Gasteiger partial charge in [-0.25, -0.2) is 9.07 Å². The maximum atomic E-state index is 13.0. The van der Waals surface area contributed by atoms with Gasteiger partial charge in [0.2, 0.25) is 5.91 Å². The molecule has 1 aromatic heterocycles. The average molecular weight is 318 g/mol. The van der Waals surface area contributed by atoms with E-state index in [-0.39, 0.29) is 17.8 Å². The van der Waals surface area contributed by atoms with E-state index in [1.165, 1.54) is 12.1 Å². The van der Waals surface area contributed by atoms with Gasteiger partial charge < -0.3 is 11.1 Å². The molecule has 1 aromatic carbocycles. The lowest BCUT2D eigenvalue weighted by Gasteiger charge is -2.17. The first kappa shape index (κ1) is 17.1. The molecule has 3 N–H and O–H groups in total. The number of carbonyl (C=O) groups is 1. The second kappa shape index (κ2) is 7.37. The molecule has 124 valence electrons. The quantitative estimate of drug-likeness (QED) is 0.860. The number of halogens is 1. The van der Waals surface area contributed by atoms with Crippen molar-refractivity contribution in [1.82, 2.24) is 15.1 Å². The Kier molecular flexibility index (Phi) is 5.50. The molecule has 0 saturated heterocycles. The third-order valence-corrected chi connectivity index (χ3v) is 3.88. The molecule has 2 aromatic rings. The first-order valence-electron chi connectivity index (χ1n) is 7.80. The monoisotopic (exact) mass is 318 g/mol. The van der Waals surface area contributed by atoms with Crippen molar-refractivity contribution >= 4 is 5.91 Å². The summed E-state index contributed by atoms with van der Waals surface area (Å²) in [6, 6.07) is 5.43. The molecule has 0 aliphatic heterocycles. The van der Waals surface area contributed by atoms with Crippen molar-refractivity contribution in [3.63, 3.8) is 0 Å². The summed E-state index contributed by atoms with van der Waals surface area (Å²) in [6.07, 6.45) is 3.24. The highest BCUT2D eigenvalue weighted by Crippen LogP contribution is 2.20. The second-order valence-electron chi connectivity index (χ2n) is 5.70. The molecule has 23 heavy (non-hydrogen) atoms. The topological polar surface area (TPSA) is 72.9 Å². The Morgan fingerprint density at radius 2 is 2.04 bits per heavy atom. The van der Waals surface area contributed by atoms with Gasteiger partial charge in [0, 0.05) is 11.3 Å². The highest BCUT2D eigenvalue weighted by Gasteiger charge is 2.19. The number of rotatable bonds is 6. The van der Waals surface area contributed by atoms with Crippen molar-refractivity contribution in [3.8, 4) is 5.69 Å². The van der Waals surface area contributed by atoms with Gasteiger partial charge in [-0.15, -0.1) is 0 Å². The third-order valence-electron chi connectivity index (χ3n) is 3.88. The molecule has 2 rings (SSSR count). The zero-order valence-corrected chi connectivity index (χ0v) is 13.7. The van der Waals surface area contributed by atoms with Crippen LogP contribution in [-0.4, -0.2) is 21.7 Å². The number of carbonyl (C=O) groups excluding carboxylic acids is 1. The second-order valence-corrected chi connectivity index (χ2v) is 5.70. The number of nitrogens with one attached hydrogen (secondary N) is 1. The van der Waals surface area contributed by atoms with Crippen molar-refractivity contribution < 1.29 is 9.18 Å². The number of hydrogen-bond acceptors (Lipinski definition) is 3. The molecule has 6 heteroatoms. The van der Waals surface area contributed by atoms with Gasteiger partial charge in [-0.1, -0.05) is 13.3 Å². The Labute approximate surface area is 135 Å². The van der Waals surface area contributed by atoms with E-state index in [1.54, 1.807) is 23.0 Å². The first-order chi connectivity index (χ1) is 10.9. The van der Waals surface area contributed by atoms with Gasteiger partial charge in [0.1, 0.15) is 5.82 Å². The zero-order chi connectivity index (χ0) is 17.0. The van der Waals surface area contributed by atoms with Gasteiger partial charge >= 0.3 is 0 Å². The Balaban J connectivity index is 2.15. The minimum Gasteiger partial charge on any atom is -0.348 e. The number of benzene rings is 1. The van der Waals surface area contributed by atoms with E-state index in [1.807, 2.05) is 20.8 Å². The molecule has 2 unspecified atom stereocenters. The summed E-state index contributed by atoms with van der Waals surface area (Å²) >= 11 is 0. The number of hydrogen-bond donors (Lipinski definition) is 2. The lowest BCUT2D eigenvalue weighted by atomic mass is 10.1. The summed E-state index contributed by atoms with van der Waals surface area (Å²) in [4.78, 5) is 12.0. The predicted octanol–water partition coefficient (Wildman–Crippen LogP) is 2.62. The fourth-order valence-corrected chi connectivity index (χ4v) is 2.53. The summed E-state index contributed by atoms with van der Waals surface area (Å²) in [5.74, 6) is -0.447. The van der Waals surface area contributed by atoms with Gasteiger partial charge in [-0.3, -0.25) is 4.79 Å². The van der Waals surface area contributed by atoms with Crippen molar-refractivity contribution in [1.29, 1.82) is 0 Å². The highest BCUT2D eigenvalue weighted by atomic mass is 19.1. The minimum atomic E-state index is -0.491. The molecule has 0 aliphatic rings. The van der Waals surface area contributed by atoms with Crippen molar-refractivity contribution in [3.05, 3.63) is 47.5 Å². The van der Waals surface area contributed by atoms with E-state index in [9.17, 15) is 9.18 Å². The molecule has 0 bridgehead atoms. The number of nitrogens with zero attached hydrogens (tertiary/aromatic N) is 2. The van der Waals surface area contributed by atoms with Gasteiger partial charge in [0.05, 0.1) is 24.0 Å². The molecule has 1 amide bonds. The summed E-state index contributed by atoms with van der Waals surface area (Å²) < 4.78 is 14.8. The van der Waals surface area contributed by atoms with E-state index in [2.05, 4.69) is 10.4 Å². The SMILES string of the molecule is CCCC(N)C(=O)NC(C)c1cnn(-c2ccc(F)cc2)c1C. The van der Waals surface area contributed by atoms with E-state index in [0.717, 1.165) is 23.4 Å². The average Bonchev–Trinajstić information content (AvgIpc) is 2.90. The minimum absolute atomic E-state index is 0.159. The molecule has 5 nitrogen and oxygen atoms in total. The van der Waals surface area contributed by atoms with Crippen LogP contribution in [0.25, 0.3) is 5.69 Å². The molecule has 1 heterocycles. The van der Waals surface area contributed by atoms with E-state index >= 15 is 0 Å². The van der Waals surface area contributed by atoms with E-state index in [0.29, 0.717) is 6.42 Å². The Morgan fingerprint density at radius 1 is 1.39 bits per heavy atom. The van der Waals surface area contributed by atoms with Crippen LogP contribution in [0.15, 0.2) is 30.5 Å². The molecule has 0 saturated carbocycles. The smallest absolute Gasteiger partial charge is 0.237 e. The maximum absolute atomic E-state index is 13.0. The maximum Gasteiger partial charge on any atom is 0.237 e. The highest BCUT2D eigenvalue weighted by molar-refractivity contribution is 5.81. The largest absolute Gasteiger partial charge is 0.348 e. The Morgan fingerprint density at radius 3 is 2.65 bits per heavy atom. The van der Waals surface area contributed by atoms with Crippen molar-refractivity contribution in [2.75, 3.05) is 0 Å². The van der Waals surface area contributed by atoms with E-state index < -0.39 is 6.04 Å².